The number of H-pyrrole nitrogens is 1. The molecule has 0 aromatic carbocycles. The van der Waals surface area contributed by atoms with Gasteiger partial charge in [0.1, 0.15) is 0 Å². The average Bonchev–Trinajstić information content (AvgIpc) is 2.46. The van der Waals surface area contributed by atoms with Crippen LogP contribution in [0.25, 0.3) is 0 Å². The van der Waals surface area contributed by atoms with Crippen LogP contribution in [0.3, 0.4) is 0 Å². The highest BCUT2D eigenvalue weighted by molar-refractivity contribution is 5.79. The second kappa shape index (κ2) is 5.32. The number of halogens is 2. The number of carbonyl (C=O) groups excluding carboxylic acids is 1. The number of piperidine rings is 1. The van der Waals surface area contributed by atoms with Crippen LogP contribution in [0, 0.1) is 0 Å². The van der Waals surface area contributed by atoms with E-state index >= 15 is 0 Å². The number of nitrogens with two attached hydrogens (primary N) is 1. The molecule has 3 N–H and O–H groups in total. The van der Waals surface area contributed by atoms with Gasteiger partial charge in [-0.1, -0.05) is 6.07 Å². The molecule has 1 amide bonds. The van der Waals surface area contributed by atoms with Crippen molar-refractivity contribution in [3.8, 4) is 0 Å². The van der Waals surface area contributed by atoms with Crippen molar-refractivity contribution in [3.05, 3.63) is 34.2 Å². The molecule has 1 aromatic rings. The van der Waals surface area contributed by atoms with Crippen LogP contribution in [0.5, 0.6) is 0 Å². The van der Waals surface area contributed by atoms with E-state index in [4.69, 9.17) is 1.41 Å². The minimum absolute atomic E-state index is 0.00632. The number of carbonyl (C=O) groups is 1. The first-order valence-corrected chi connectivity index (χ1v) is 6.37. The van der Waals surface area contributed by atoms with Crippen LogP contribution in [0.15, 0.2) is 23.1 Å². The van der Waals surface area contributed by atoms with Crippen LogP contribution < -0.4 is 11.3 Å². The minimum Gasteiger partial charge on any atom is -0.368 e. The summed E-state index contributed by atoms with van der Waals surface area (Å²) in [6.07, 6.45) is 0.923. The number of nitrogens with zero attached hydrogens (tertiary/aromatic N) is 1. The van der Waals surface area contributed by atoms with Gasteiger partial charge in [0.05, 0.1) is 12.0 Å². The lowest BCUT2D eigenvalue weighted by molar-refractivity contribution is -0.127. The Kier molecular flexibility index (Phi) is 3.52. The van der Waals surface area contributed by atoms with E-state index in [9.17, 15) is 18.4 Å². The summed E-state index contributed by atoms with van der Waals surface area (Å²) in [5, 5.41) is 0. The van der Waals surface area contributed by atoms with Crippen molar-refractivity contribution in [2.45, 2.75) is 31.2 Å². The van der Waals surface area contributed by atoms with Crippen molar-refractivity contribution in [2.24, 2.45) is 5.73 Å². The van der Waals surface area contributed by atoms with E-state index in [2.05, 4.69) is 4.98 Å². The van der Waals surface area contributed by atoms with Crippen molar-refractivity contribution < 1.29 is 15.0 Å². The average molecular weight is 286 g/mol. The topological polar surface area (TPSA) is 79.2 Å². The number of alkyl halides is 2. The third-order valence-corrected chi connectivity index (χ3v) is 3.80. The summed E-state index contributed by atoms with van der Waals surface area (Å²) in [4.78, 5) is 26.5. The molecule has 1 saturated heterocycles. The molecule has 20 heavy (non-hydrogen) atoms. The Morgan fingerprint density at radius 3 is 3.00 bits per heavy atom. The van der Waals surface area contributed by atoms with Gasteiger partial charge in [-0.25, -0.2) is 8.78 Å². The van der Waals surface area contributed by atoms with Crippen LogP contribution >= 0.6 is 0 Å². The maximum atomic E-state index is 14.1. The van der Waals surface area contributed by atoms with Crippen LogP contribution in [0.1, 0.15) is 24.8 Å². The Morgan fingerprint density at radius 2 is 2.40 bits per heavy atom. The molecule has 1 fully saturated rings. The standard InChI is InChI=1S/C13H17F2N3O2/c1-8(12(16)20)18-5-4-13(14,15)10(7-18)9-2-3-11(19)17-6-9/h2-3,6,8,10H,4-5,7H2,1H3,(H2,16,20)(H,17,19)/t8?,10-/m1/s1/i/hD. The second-order valence-electron chi connectivity index (χ2n) is 5.09. The number of primary amides is 1. The molecule has 0 bridgehead atoms. The van der Waals surface area contributed by atoms with Gasteiger partial charge in [-0.05, 0) is 12.5 Å². The van der Waals surface area contributed by atoms with Gasteiger partial charge in [-0.2, -0.15) is 0 Å². The monoisotopic (exact) mass is 286 g/mol. The molecule has 1 unspecified atom stereocenters. The van der Waals surface area contributed by atoms with Gasteiger partial charge in [0.25, 0.3) is 5.92 Å². The third-order valence-electron chi connectivity index (χ3n) is 3.80. The Labute approximate surface area is 116 Å². The van der Waals surface area contributed by atoms with E-state index in [0.717, 1.165) is 0 Å². The summed E-state index contributed by atoms with van der Waals surface area (Å²) in [5.74, 6) is -4.52. The quantitative estimate of drug-likeness (QED) is 0.857. The third kappa shape index (κ3) is 2.87. The van der Waals surface area contributed by atoms with E-state index in [0.29, 0.717) is 5.56 Å². The van der Waals surface area contributed by atoms with Gasteiger partial charge in [0.15, 0.2) is 1.41 Å². The number of pyridine rings is 1. The zero-order chi connectivity index (χ0) is 15.6. The van der Waals surface area contributed by atoms with E-state index in [1.165, 1.54) is 18.3 Å². The van der Waals surface area contributed by atoms with Crippen molar-refractivity contribution in [1.29, 1.82) is 0 Å². The molecule has 5 nitrogen and oxygen atoms in total. The number of amides is 1. The van der Waals surface area contributed by atoms with Gasteiger partial charge in [0, 0.05) is 31.8 Å². The molecule has 1 aliphatic rings. The van der Waals surface area contributed by atoms with Crippen molar-refractivity contribution in [1.82, 2.24) is 9.88 Å². The molecular formula is C13H17F2N3O2. The molecule has 1 aliphatic heterocycles. The molecule has 0 radical (unpaired) electrons. The number of nitrogens with one attached hydrogen (secondary N) is 1. The summed E-state index contributed by atoms with van der Waals surface area (Å²) < 4.78 is 35.1. The number of aromatic amines is 1. The van der Waals surface area contributed by atoms with E-state index in [-0.39, 0.29) is 25.1 Å². The van der Waals surface area contributed by atoms with Crippen molar-refractivity contribution in [2.75, 3.05) is 13.1 Å². The lowest BCUT2D eigenvalue weighted by Gasteiger charge is -2.40. The Hall–Kier alpha value is -1.76. The molecule has 7 heteroatoms. The van der Waals surface area contributed by atoms with E-state index < -0.39 is 23.8 Å². The molecule has 2 rings (SSSR count). The van der Waals surface area contributed by atoms with Gasteiger partial charge in [-0.15, -0.1) is 0 Å². The predicted octanol–water partition coefficient (Wildman–Crippen LogP) is 0.673. The first kappa shape index (κ1) is 13.2. The second-order valence-corrected chi connectivity index (χ2v) is 5.09. The van der Waals surface area contributed by atoms with Crippen molar-refractivity contribution >= 4 is 5.91 Å². The maximum Gasteiger partial charge on any atom is 0.257 e. The number of rotatable bonds is 3. The van der Waals surface area contributed by atoms with Crippen LogP contribution in [-0.4, -0.2) is 40.8 Å². The summed E-state index contributed by atoms with van der Waals surface area (Å²) >= 11 is 0. The SMILES string of the molecule is [2H]NC(=O)C(C)N1CCC(F)(F)[C@@H](c2ccc(=O)[nH]c2)C1. The molecule has 1 aromatic heterocycles. The van der Waals surface area contributed by atoms with Gasteiger partial charge >= 0.3 is 0 Å². The molecule has 0 spiro atoms. The Morgan fingerprint density at radius 1 is 1.65 bits per heavy atom. The van der Waals surface area contributed by atoms with E-state index in [1.807, 2.05) is 0 Å². The zero-order valence-corrected chi connectivity index (χ0v) is 11.0. The van der Waals surface area contributed by atoms with Crippen LogP contribution in [0.2, 0.25) is 1.41 Å². The molecular weight excluding hydrogens is 268 g/mol. The summed E-state index contributed by atoms with van der Waals surface area (Å²) in [5.41, 5.74) is 1.76. The number of hydrogen-bond acceptors (Lipinski definition) is 3. The summed E-state index contributed by atoms with van der Waals surface area (Å²) in [6, 6.07) is 1.95. The maximum absolute atomic E-state index is 14.1. The lowest BCUT2D eigenvalue weighted by atomic mass is 9.87. The number of aromatic nitrogens is 1. The minimum atomic E-state index is -2.90. The first-order valence-electron chi connectivity index (χ1n) is 6.87. The number of hydrogen-bond donors (Lipinski definition) is 2. The largest absolute Gasteiger partial charge is 0.368 e. The predicted molar refractivity (Wildman–Crippen MR) is 69.6 cm³/mol. The van der Waals surface area contributed by atoms with Crippen LogP contribution in [0.4, 0.5) is 8.78 Å². The van der Waals surface area contributed by atoms with Crippen LogP contribution in [-0.2, 0) is 4.79 Å². The fraction of sp³-hybridized carbons (Fsp3) is 0.538. The van der Waals surface area contributed by atoms with Crippen molar-refractivity contribution in [3.63, 3.8) is 0 Å². The number of likely N-dealkylation sites (tertiary alicyclic amines) is 1. The lowest BCUT2D eigenvalue weighted by Crippen LogP contribution is -2.52. The highest BCUT2D eigenvalue weighted by Crippen LogP contribution is 2.40. The van der Waals surface area contributed by atoms with Gasteiger partial charge in [-0.3, -0.25) is 14.5 Å². The molecule has 110 valence electrons. The van der Waals surface area contributed by atoms with Gasteiger partial charge < -0.3 is 10.7 Å². The summed E-state index contributed by atoms with van der Waals surface area (Å²) in [7, 11) is 0. The fourth-order valence-corrected chi connectivity index (χ4v) is 2.43. The summed E-state index contributed by atoms with van der Waals surface area (Å²) in [6.45, 7) is 1.66. The molecule has 0 saturated carbocycles. The molecule has 0 aliphatic carbocycles. The van der Waals surface area contributed by atoms with E-state index in [1.54, 1.807) is 17.6 Å². The fourth-order valence-electron chi connectivity index (χ4n) is 2.43. The Bertz CT molecular complexity index is 558. The molecule has 2 heterocycles. The highest BCUT2D eigenvalue weighted by Gasteiger charge is 2.46. The normalized spacial score (nSPS) is 24.8. The smallest absolute Gasteiger partial charge is 0.257 e. The highest BCUT2D eigenvalue weighted by atomic mass is 19.3. The van der Waals surface area contributed by atoms with Gasteiger partial charge in [0.2, 0.25) is 11.5 Å². The zero-order valence-electron chi connectivity index (χ0n) is 12.0. The molecule has 2 atom stereocenters. The Balaban J connectivity index is 2.22. The first-order chi connectivity index (χ1) is 9.85.